The minimum atomic E-state index is -0.332. The van der Waals surface area contributed by atoms with Crippen LogP contribution in [0.15, 0.2) is 12.2 Å². The Kier molecular flexibility index (Phi) is 3.23. The number of epoxide rings is 1. The highest BCUT2D eigenvalue weighted by Crippen LogP contribution is 2.67. The highest BCUT2D eigenvalue weighted by Gasteiger charge is 2.60. The molecule has 5 rings (SSSR count). The van der Waals surface area contributed by atoms with Crippen molar-refractivity contribution in [1.29, 1.82) is 0 Å². The average Bonchev–Trinajstić information content (AvgIpc) is 2.92. The van der Waals surface area contributed by atoms with Gasteiger partial charge in [0.15, 0.2) is 0 Å². The van der Waals surface area contributed by atoms with E-state index >= 15 is 0 Å². The normalized spacial score (nSPS) is 48.4. The Morgan fingerprint density at radius 2 is 1.91 bits per heavy atom. The molecule has 0 aromatic heterocycles. The fourth-order valence-electron chi connectivity index (χ4n) is 6.28. The van der Waals surface area contributed by atoms with E-state index in [4.69, 9.17) is 9.47 Å². The van der Waals surface area contributed by atoms with Crippen molar-refractivity contribution < 1.29 is 9.47 Å². The molecule has 2 nitrogen and oxygen atoms in total. The second-order valence-electron chi connectivity index (χ2n) is 9.04. The van der Waals surface area contributed by atoms with Crippen molar-refractivity contribution >= 4 is 0 Å². The molecule has 0 radical (unpaired) electrons. The molecule has 23 heavy (non-hydrogen) atoms. The quantitative estimate of drug-likeness (QED) is 0.342. The summed E-state index contributed by atoms with van der Waals surface area (Å²) in [6.45, 7) is 5.71. The lowest BCUT2D eigenvalue weighted by molar-refractivity contribution is 0.0177. The molecular weight excluding hydrogens is 284 g/mol. The van der Waals surface area contributed by atoms with Crippen LogP contribution in [0.4, 0.5) is 0 Å². The van der Waals surface area contributed by atoms with E-state index in [-0.39, 0.29) is 5.60 Å². The van der Waals surface area contributed by atoms with Crippen molar-refractivity contribution in [1.82, 2.24) is 0 Å². The molecule has 0 N–H and O–H groups in total. The summed E-state index contributed by atoms with van der Waals surface area (Å²) in [6, 6.07) is 0. The largest absolute Gasteiger partial charge is 0.371 e. The van der Waals surface area contributed by atoms with E-state index in [0.29, 0.717) is 12.7 Å². The fourth-order valence-corrected chi connectivity index (χ4v) is 6.28. The van der Waals surface area contributed by atoms with Gasteiger partial charge < -0.3 is 9.47 Å². The Labute approximate surface area is 140 Å². The van der Waals surface area contributed by atoms with Crippen LogP contribution in [0.3, 0.4) is 0 Å². The zero-order valence-electron chi connectivity index (χ0n) is 14.3. The molecule has 1 heterocycles. The van der Waals surface area contributed by atoms with Crippen LogP contribution >= 0.6 is 0 Å². The number of allylic oxidation sites excluding steroid dienone is 2. The van der Waals surface area contributed by atoms with E-state index < -0.39 is 0 Å². The first-order chi connectivity index (χ1) is 11.1. The highest BCUT2D eigenvalue weighted by molar-refractivity contribution is 5.21. The van der Waals surface area contributed by atoms with Crippen LogP contribution < -0.4 is 0 Å². The molecule has 2 heteroatoms. The summed E-state index contributed by atoms with van der Waals surface area (Å²) in [4.78, 5) is 0. The number of hydrogen-bond acceptors (Lipinski definition) is 2. The Hall–Kier alpha value is -0.780. The Morgan fingerprint density at radius 3 is 2.70 bits per heavy atom. The fraction of sp³-hybridized carbons (Fsp3) is 0.810. The minimum Gasteiger partial charge on any atom is -0.371 e. The van der Waals surface area contributed by atoms with Crippen LogP contribution in [-0.2, 0) is 9.47 Å². The SMILES string of the molecule is CC(C)(C#CCC1CC2CC1C1C3C=CC(C3)C21)OCC1CO1. The van der Waals surface area contributed by atoms with E-state index in [1.54, 1.807) is 0 Å². The van der Waals surface area contributed by atoms with E-state index in [2.05, 4.69) is 37.8 Å². The zero-order chi connectivity index (χ0) is 15.6. The van der Waals surface area contributed by atoms with Crippen LogP contribution in [0.5, 0.6) is 0 Å². The molecule has 0 aromatic carbocycles. The Morgan fingerprint density at radius 1 is 1.13 bits per heavy atom. The number of fused-ring (bicyclic) bond motifs is 9. The number of rotatable bonds is 4. The molecule has 5 aliphatic rings. The van der Waals surface area contributed by atoms with Gasteiger partial charge in [0.1, 0.15) is 11.7 Å². The van der Waals surface area contributed by atoms with E-state index in [1.165, 1.54) is 19.3 Å². The summed E-state index contributed by atoms with van der Waals surface area (Å²) in [5.74, 6) is 13.6. The maximum Gasteiger partial charge on any atom is 0.123 e. The Bertz CT molecular complexity index is 576. The average molecular weight is 312 g/mol. The number of ether oxygens (including phenoxy) is 2. The summed E-state index contributed by atoms with van der Waals surface area (Å²) in [6.07, 6.45) is 10.9. The smallest absolute Gasteiger partial charge is 0.123 e. The predicted octanol–water partition coefficient (Wildman–Crippen LogP) is 3.67. The van der Waals surface area contributed by atoms with Crippen LogP contribution in [0, 0.1) is 53.3 Å². The van der Waals surface area contributed by atoms with E-state index in [0.717, 1.165) is 54.5 Å². The summed E-state index contributed by atoms with van der Waals surface area (Å²) >= 11 is 0. The molecule has 3 saturated carbocycles. The predicted molar refractivity (Wildman–Crippen MR) is 89.6 cm³/mol. The molecule has 1 saturated heterocycles. The molecule has 8 unspecified atom stereocenters. The second-order valence-corrected chi connectivity index (χ2v) is 9.04. The van der Waals surface area contributed by atoms with Crippen LogP contribution in [0.2, 0.25) is 0 Å². The topological polar surface area (TPSA) is 21.8 Å². The van der Waals surface area contributed by atoms with Gasteiger partial charge in [-0.2, -0.15) is 0 Å². The van der Waals surface area contributed by atoms with Crippen molar-refractivity contribution in [3.63, 3.8) is 0 Å². The maximum atomic E-state index is 5.88. The second kappa shape index (κ2) is 5.11. The standard InChI is InChI=1S/C21H28O2/c1-21(2,23-12-17-11-22-17)7-3-4-13-8-16-10-18(13)20-15-6-5-14(9-15)19(16)20/h5-6,13-20H,4,8-12H2,1-2H3. The van der Waals surface area contributed by atoms with Crippen LogP contribution in [-0.4, -0.2) is 24.9 Å². The summed E-state index contributed by atoms with van der Waals surface area (Å²) < 4.78 is 11.1. The van der Waals surface area contributed by atoms with Gasteiger partial charge in [-0.25, -0.2) is 0 Å². The molecule has 4 fully saturated rings. The van der Waals surface area contributed by atoms with Crippen LogP contribution in [0.1, 0.15) is 39.5 Å². The summed E-state index contributed by atoms with van der Waals surface area (Å²) in [5, 5.41) is 0. The molecule has 4 bridgehead atoms. The van der Waals surface area contributed by atoms with Gasteiger partial charge in [0.25, 0.3) is 0 Å². The molecule has 4 aliphatic carbocycles. The van der Waals surface area contributed by atoms with Gasteiger partial charge in [-0.15, -0.1) is 0 Å². The van der Waals surface area contributed by atoms with Crippen molar-refractivity contribution in [3.8, 4) is 11.8 Å². The van der Waals surface area contributed by atoms with Gasteiger partial charge in [0, 0.05) is 6.42 Å². The lowest BCUT2D eigenvalue weighted by Crippen LogP contribution is -2.31. The first-order valence-corrected chi connectivity index (χ1v) is 9.54. The van der Waals surface area contributed by atoms with Gasteiger partial charge >= 0.3 is 0 Å². The third-order valence-electron chi connectivity index (χ3n) is 7.19. The molecule has 8 atom stereocenters. The third-order valence-corrected chi connectivity index (χ3v) is 7.19. The monoisotopic (exact) mass is 312 g/mol. The molecule has 0 amide bonds. The van der Waals surface area contributed by atoms with E-state index in [1.807, 2.05) is 0 Å². The highest BCUT2D eigenvalue weighted by atomic mass is 16.6. The molecule has 1 aliphatic heterocycles. The van der Waals surface area contributed by atoms with E-state index in [9.17, 15) is 0 Å². The third kappa shape index (κ3) is 2.48. The van der Waals surface area contributed by atoms with Crippen molar-refractivity contribution in [2.45, 2.75) is 51.2 Å². The van der Waals surface area contributed by atoms with Gasteiger partial charge in [-0.1, -0.05) is 24.0 Å². The van der Waals surface area contributed by atoms with Gasteiger partial charge in [-0.05, 0) is 74.5 Å². The number of hydrogen-bond donors (Lipinski definition) is 0. The molecule has 124 valence electrons. The Balaban J connectivity index is 1.20. The zero-order valence-corrected chi connectivity index (χ0v) is 14.3. The maximum absolute atomic E-state index is 5.88. The minimum absolute atomic E-state index is 0.324. The van der Waals surface area contributed by atoms with Gasteiger partial charge in [-0.3, -0.25) is 0 Å². The van der Waals surface area contributed by atoms with Crippen molar-refractivity contribution in [2.75, 3.05) is 13.2 Å². The first-order valence-electron chi connectivity index (χ1n) is 9.54. The van der Waals surface area contributed by atoms with Crippen LogP contribution in [0.25, 0.3) is 0 Å². The lowest BCUT2D eigenvalue weighted by atomic mass is 9.69. The lowest BCUT2D eigenvalue weighted by Gasteiger charge is -2.36. The molecule has 0 spiro atoms. The summed E-state index contributed by atoms with van der Waals surface area (Å²) in [7, 11) is 0. The summed E-state index contributed by atoms with van der Waals surface area (Å²) in [5.41, 5.74) is -0.332. The van der Waals surface area contributed by atoms with Crippen molar-refractivity contribution in [3.05, 3.63) is 12.2 Å². The first kappa shape index (κ1) is 14.6. The van der Waals surface area contributed by atoms with Gasteiger partial charge in [0.05, 0.1) is 13.2 Å². The van der Waals surface area contributed by atoms with Gasteiger partial charge in [0.2, 0.25) is 0 Å². The molecular formula is C21H28O2. The molecule has 0 aromatic rings. The van der Waals surface area contributed by atoms with Crippen molar-refractivity contribution in [2.24, 2.45) is 41.4 Å².